The van der Waals surface area contributed by atoms with Crippen molar-refractivity contribution in [3.05, 3.63) is 59.3 Å². The van der Waals surface area contributed by atoms with E-state index in [9.17, 15) is 4.79 Å². The Kier molecular flexibility index (Phi) is 4.99. The summed E-state index contributed by atoms with van der Waals surface area (Å²) >= 11 is 0. The first-order valence-electron chi connectivity index (χ1n) is 9.67. The number of nitrogens with zero attached hydrogens (tertiary/aromatic N) is 1. The Morgan fingerprint density at radius 3 is 2.71 bits per heavy atom. The highest BCUT2D eigenvalue weighted by Gasteiger charge is 2.26. The number of ether oxygens (including phenoxy) is 2. The number of carbonyl (C=O) groups excluding carboxylic acids is 1. The van der Waals surface area contributed by atoms with Gasteiger partial charge in [0.2, 0.25) is 5.91 Å². The third-order valence-corrected chi connectivity index (χ3v) is 5.66. The fraction of sp³-hybridized carbons (Fsp3) is 0.348. The Morgan fingerprint density at radius 2 is 1.93 bits per heavy atom. The standard InChI is InChI=1S/C23H26N2O3/c1-25-14-16(17-6-4-5-7-20(17)25)9-11-23(26)24-19-10-8-15-12-21(27-2)22(28-3)13-18(15)19/h4-7,12-14,19H,8-11H2,1-3H3,(H,24,26)/t19-/m0/s1. The van der Waals surface area contributed by atoms with E-state index < -0.39 is 0 Å². The third-order valence-electron chi connectivity index (χ3n) is 5.66. The maximum Gasteiger partial charge on any atom is 0.220 e. The molecule has 28 heavy (non-hydrogen) atoms. The molecule has 1 aliphatic rings. The fourth-order valence-electron chi connectivity index (χ4n) is 4.22. The Hall–Kier alpha value is -2.95. The zero-order chi connectivity index (χ0) is 19.7. The van der Waals surface area contributed by atoms with Crippen molar-refractivity contribution in [2.24, 2.45) is 7.05 Å². The zero-order valence-corrected chi connectivity index (χ0v) is 16.6. The predicted molar refractivity (Wildman–Crippen MR) is 110 cm³/mol. The Bertz CT molecular complexity index is 1020. The minimum absolute atomic E-state index is 0.0369. The van der Waals surface area contributed by atoms with Crippen molar-refractivity contribution in [1.29, 1.82) is 0 Å². The van der Waals surface area contributed by atoms with Gasteiger partial charge in [0.05, 0.1) is 20.3 Å². The van der Waals surface area contributed by atoms with Gasteiger partial charge >= 0.3 is 0 Å². The van der Waals surface area contributed by atoms with E-state index in [-0.39, 0.29) is 11.9 Å². The first-order valence-corrected chi connectivity index (χ1v) is 9.67. The fourth-order valence-corrected chi connectivity index (χ4v) is 4.22. The second-order valence-electron chi connectivity index (χ2n) is 7.35. The Morgan fingerprint density at radius 1 is 1.18 bits per heavy atom. The number of aromatic nitrogens is 1. The number of hydrogen-bond donors (Lipinski definition) is 1. The smallest absolute Gasteiger partial charge is 0.220 e. The van der Waals surface area contributed by atoms with Crippen molar-refractivity contribution in [2.75, 3.05) is 14.2 Å². The molecule has 1 N–H and O–H groups in total. The SMILES string of the molecule is COc1cc2c(cc1OC)[C@@H](NC(=O)CCc1cn(C)c3ccccc13)CC2. The minimum atomic E-state index is 0.0369. The van der Waals surface area contributed by atoms with E-state index in [0.717, 1.165) is 30.6 Å². The number of benzene rings is 2. The molecule has 1 aliphatic carbocycles. The van der Waals surface area contributed by atoms with Crippen molar-refractivity contribution in [3.63, 3.8) is 0 Å². The maximum atomic E-state index is 12.6. The van der Waals surface area contributed by atoms with Gasteiger partial charge in [-0.25, -0.2) is 0 Å². The average Bonchev–Trinajstić information content (AvgIpc) is 3.26. The summed E-state index contributed by atoms with van der Waals surface area (Å²) in [6.45, 7) is 0. The molecule has 0 unspecified atom stereocenters. The molecule has 1 aromatic heterocycles. The molecule has 0 bridgehead atoms. The lowest BCUT2D eigenvalue weighted by atomic mass is 10.1. The number of rotatable bonds is 6. The van der Waals surface area contributed by atoms with E-state index in [4.69, 9.17) is 9.47 Å². The molecular weight excluding hydrogens is 352 g/mol. The molecule has 146 valence electrons. The first-order chi connectivity index (χ1) is 13.6. The number of nitrogens with one attached hydrogen (secondary N) is 1. The molecule has 0 saturated carbocycles. The van der Waals surface area contributed by atoms with E-state index in [1.54, 1.807) is 14.2 Å². The Balaban J connectivity index is 1.44. The van der Waals surface area contributed by atoms with Crippen LogP contribution in [-0.4, -0.2) is 24.7 Å². The van der Waals surface area contributed by atoms with Crippen molar-refractivity contribution >= 4 is 16.8 Å². The van der Waals surface area contributed by atoms with Gasteiger partial charge < -0.3 is 19.4 Å². The average molecular weight is 378 g/mol. The second kappa shape index (κ2) is 7.58. The molecule has 0 spiro atoms. The van der Waals surface area contributed by atoms with Crippen LogP contribution in [0.2, 0.25) is 0 Å². The summed E-state index contributed by atoms with van der Waals surface area (Å²) in [6, 6.07) is 12.4. The number of methoxy groups -OCH3 is 2. The van der Waals surface area contributed by atoms with Crippen LogP contribution in [0.25, 0.3) is 10.9 Å². The largest absolute Gasteiger partial charge is 0.493 e. The highest BCUT2D eigenvalue weighted by molar-refractivity contribution is 5.85. The van der Waals surface area contributed by atoms with Gasteiger partial charge in [-0.3, -0.25) is 4.79 Å². The van der Waals surface area contributed by atoms with Crippen LogP contribution in [-0.2, 0) is 24.7 Å². The van der Waals surface area contributed by atoms with Crippen LogP contribution < -0.4 is 14.8 Å². The number of hydrogen-bond acceptors (Lipinski definition) is 3. The maximum absolute atomic E-state index is 12.6. The van der Waals surface area contributed by atoms with Crippen molar-refractivity contribution in [2.45, 2.75) is 31.7 Å². The van der Waals surface area contributed by atoms with Crippen molar-refractivity contribution in [3.8, 4) is 11.5 Å². The van der Waals surface area contributed by atoms with Crippen LogP contribution in [0.4, 0.5) is 0 Å². The molecule has 0 radical (unpaired) electrons. The minimum Gasteiger partial charge on any atom is -0.493 e. The van der Waals surface area contributed by atoms with Gasteiger partial charge in [0, 0.05) is 30.6 Å². The molecular formula is C23H26N2O3. The van der Waals surface area contributed by atoms with Crippen LogP contribution in [0.5, 0.6) is 11.5 Å². The topological polar surface area (TPSA) is 52.5 Å². The zero-order valence-electron chi connectivity index (χ0n) is 16.6. The first kappa shape index (κ1) is 18.4. The number of aryl methyl sites for hydroxylation is 3. The summed E-state index contributed by atoms with van der Waals surface area (Å²) in [4.78, 5) is 12.6. The van der Waals surface area contributed by atoms with Crippen LogP contribution >= 0.6 is 0 Å². The number of carbonyl (C=O) groups is 1. The molecule has 1 heterocycles. The van der Waals surface area contributed by atoms with E-state index in [2.05, 4.69) is 28.2 Å². The summed E-state index contributed by atoms with van der Waals surface area (Å²) in [5.74, 6) is 1.53. The van der Waals surface area contributed by atoms with Crippen molar-refractivity contribution in [1.82, 2.24) is 9.88 Å². The molecule has 0 aliphatic heterocycles. The molecule has 1 amide bonds. The summed E-state index contributed by atoms with van der Waals surface area (Å²) in [6.07, 6.45) is 5.18. The van der Waals surface area contributed by atoms with Gasteiger partial charge in [-0.2, -0.15) is 0 Å². The van der Waals surface area contributed by atoms with Crippen LogP contribution in [0, 0.1) is 0 Å². The highest BCUT2D eigenvalue weighted by Crippen LogP contribution is 2.39. The van der Waals surface area contributed by atoms with E-state index in [1.807, 2.05) is 31.3 Å². The third kappa shape index (κ3) is 3.33. The normalized spacial score (nSPS) is 15.5. The summed E-state index contributed by atoms with van der Waals surface area (Å²) in [7, 11) is 5.33. The van der Waals surface area contributed by atoms with E-state index in [1.165, 1.54) is 22.0 Å². The van der Waals surface area contributed by atoms with Gasteiger partial charge in [-0.05, 0) is 54.2 Å². The van der Waals surface area contributed by atoms with Gasteiger partial charge in [0.15, 0.2) is 11.5 Å². The van der Waals surface area contributed by atoms with Gasteiger partial charge in [-0.1, -0.05) is 18.2 Å². The molecule has 0 saturated heterocycles. The van der Waals surface area contributed by atoms with E-state index >= 15 is 0 Å². The lowest BCUT2D eigenvalue weighted by Crippen LogP contribution is -2.27. The number of para-hydroxylation sites is 1. The lowest BCUT2D eigenvalue weighted by molar-refractivity contribution is -0.121. The molecule has 5 heteroatoms. The van der Waals surface area contributed by atoms with Crippen molar-refractivity contribution < 1.29 is 14.3 Å². The van der Waals surface area contributed by atoms with Gasteiger partial charge in [0.1, 0.15) is 0 Å². The number of fused-ring (bicyclic) bond motifs is 2. The molecule has 4 rings (SSSR count). The Labute approximate surface area is 165 Å². The molecule has 1 atom stereocenters. The highest BCUT2D eigenvalue weighted by atomic mass is 16.5. The molecule has 2 aromatic carbocycles. The summed E-state index contributed by atoms with van der Waals surface area (Å²) in [5, 5.41) is 4.43. The molecule has 3 aromatic rings. The van der Waals surface area contributed by atoms with Gasteiger partial charge in [0.25, 0.3) is 0 Å². The van der Waals surface area contributed by atoms with Crippen LogP contribution in [0.1, 0.15) is 35.6 Å². The van der Waals surface area contributed by atoms with Crippen LogP contribution in [0.3, 0.4) is 0 Å². The monoisotopic (exact) mass is 378 g/mol. The summed E-state index contributed by atoms with van der Waals surface area (Å²) in [5.41, 5.74) is 4.77. The number of amides is 1. The molecule has 0 fully saturated rings. The quantitative estimate of drug-likeness (QED) is 0.707. The van der Waals surface area contributed by atoms with E-state index in [0.29, 0.717) is 12.2 Å². The van der Waals surface area contributed by atoms with Gasteiger partial charge in [-0.15, -0.1) is 0 Å². The van der Waals surface area contributed by atoms with Crippen LogP contribution in [0.15, 0.2) is 42.6 Å². The predicted octanol–water partition coefficient (Wildman–Crippen LogP) is 3.93. The second-order valence-corrected chi connectivity index (χ2v) is 7.35. The lowest BCUT2D eigenvalue weighted by Gasteiger charge is -2.16. The molecule has 5 nitrogen and oxygen atoms in total. The summed E-state index contributed by atoms with van der Waals surface area (Å²) < 4.78 is 12.9.